The van der Waals surface area contributed by atoms with Crippen molar-refractivity contribution in [2.45, 2.75) is 77.5 Å². The van der Waals surface area contributed by atoms with Crippen molar-refractivity contribution >= 4 is 26.2 Å². The Morgan fingerprint density at radius 1 is 1.00 bits per heavy atom. The van der Waals surface area contributed by atoms with Crippen LogP contribution in [0.25, 0.3) is 0 Å². The Morgan fingerprint density at radius 2 is 1.66 bits per heavy atom. The van der Waals surface area contributed by atoms with Gasteiger partial charge in [0.05, 0.1) is 6.61 Å². The molecule has 0 aromatic heterocycles. The molecular weight excluding hydrogens is 428 g/mol. The molecule has 0 fully saturated rings. The molecule has 9 heteroatoms. The summed E-state index contributed by atoms with van der Waals surface area (Å²) in [5.74, 6) is -0.503. The number of benzene rings is 1. The molecule has 0 aliphatic rings. The van der Waals surface area contributed by atoms with Gasteiger partial charge in [0.15, 0.2) is 0 Å². The third kappa shape index (κ3) is 13.7. The molecule has 0 aliphatic carbocycles. The van der Waals surface area contributed by atoms with Gasteiger partial charge in [0.1, 0.15) is 18.2 Å². The summed E-state index contributed by atoms with van der Waals surface area (Å²) >= 11 is 0. The summed E-state index contributed by atoms with van der Waals surface area (Å²) in [5.41, 5.74) is 0.259. The lowest BCUT2D eigenvalue weighted by Gasteiger charge is -2.21. The SMILES string of the molecule is CC(C)(C)OC(=O)NCCC[C@H](NC(=O)OCc1ccccc1)C(=O)OCC[Si](C)(C)C. The lowest BCUT2D eigenvalue weighted by Crippen LogP contribution is -2.43. The molecular formula is C23H38N2O6Si. The van der Waals surface area contributed by atoms with E-state index in [9.17, 15) is 14.4 Å². The summed E-state index contributed by atoms with van der Waals surface area (Å²) in [4.78, 5) is 36.6. The van der Waals surface area contributed by atoms with Crippen molar-refractivity contribution < 1.29 is 28.6 Å². The van der Waals surface area contributed by atoms with Gasteiger partial charge in [-0.3, -0.25) is 0 Å². The smallest absolute Gasteiger partial charge is 0.408 e. The van der Waals surface area contributed by atoms with E-state index in [-0.39, 0.29) is 6.61 Å². The van der Waals surface area contributed by atoms with Gasteiger partial charge < -0.3 is 24.8 Å². The lowest BCUT2D eigenvalue weighted by atomic mass is 10.1. The molecule has 180 valence electrons. The highest BCUT2D eigenvalue weighted by atomic mass is 28.3. The number of esters is 1. The van der Waals surface area contributed by atoms with E-state index in [4.69, 9.17) is 14.2 Å². The fourth-order valence-electron chi connectivity index (χ4n) is 2.53. The van der Waals surface area contributed by atoms with Crippen LogP contribution in [0.15, 0.2) is 30.3 Å². The molecule has 0 aliphatic heterocycles. The van der Waals surface area contributed by atoms with Gasteiger partial charge in [-0.1, -0.05) is 50.0 Å². The molecule has 0 spiro atoms. The highest BCUT2D eigenvalue weighted by Gasteiger charge is 2.24. The summed E-state index contributed by atoms with van der Waals surface area (Å²) in [6.45, 7) is 12.7. The number of hydrogen-bond acceptors (Lipinski definition) is 6. The molecule has 0 heterocycles. The lowest BCUT2D eigenvalue weighted by molar-refractivity contribution is -0.145. The van der Waals surface area contributed by atoms with Crippen LogP contribution in [0.3, 0.4) is 0 Å². The molecule has 0 bridgehead atoms. The summed E-state index contributed by atoms with van der Waals surface area (Å²) in [5, 5.41) is 5.24. The molecule has 1 atom stereocenters. The predicted octanol–water partition coefficient (Wildman–Crippen LogP) is 4.47. The normalized spacial score (nSPS) is 12.4. The Kier molecular flexibility index (Phi) is 11.2. The van der Waals surface area contributed by atoms with Crippen LogP contribution in [0, 0.1) is 0 Å². The first-order valence-corrected chi connectivity index (χ1v) is 14.7. The molecule has 1 aromatic carbocycles. The van der Waals surface area contributed by atoms with E-state index in [1.54, 1.807) is 20.8 Å². The topological polar surface area (TPSA) is 103 Å². The molecule has 0 saturated carbocycles. The molecule has 0 unspecified atom stereocenters. The van der Waals surface area contributed by atoms with Crippen LogP contribution in [0.4, 0.5) is 9.59 Å². The van der Waals surface area contributed by atoms with Gasteiger partial charge in [-0.05, 0) is 45.2 Å². The maximum absolute atomic E-state index is 12.6. The van der Waals surface area contributed by atoms with Crippen LogP contribution in [0.1, 0.15) is 39.2 Å². The Labute approximate surface area is 192 Å². The van der Waals surface area contributed by atoms with Crippen molar-refractivity contribution in [1.29, 1.82) is 0 Å². The van der Waals surface area contributed by atoms with E-state index in [0.29, 0.717) is 26.0 Å². The first-order valence-electron chi connectivity index (χ1n) is 11.0. The number of hydrogen-bond donors (Lipinski definition) is 2. The van der Waals surface area contributed by atoms with Crippen molar-refractivity contribution in [3.63, 3.8) is 0 Å². The zero-order valence-electron chi connectivity index (χ0n) is 20.2. The number of amides is 2. The maximum Gasteiger partial charge on any atom is 0.408 e. The Morgan fingerprint density at radius 3 is 2.25 bits per heavy atom. The number of carbonyl (C=O) groups is 3. The highest BCUT2D eigenvalue weighted by molar-refractivity contribution is 6.76. The minimum atomic E-state index is -1.36. The minimum Gasteiger partial charge on any atom is -0.464 e. The highest BCUT2D eigenvalue weighted by Crippen LogP contribution is 2.10. The standard InChI is InChI=1S/C23H38N2O6Si/c1-23(2,3)31-21(27)24-14-10-13-19(20(26)29-15-16-32(4,5)6)25-22(28)30-17-18-11-8-7-9-12-18/h7-9,11-12,19H,10,13-17H2,1-6H3,(H,24,27)(H,25,28)/t19-/m0/s1. The van der Waals surface area contributed by atoms with E-state index < -0.39 is 37.9 Å². The van der Waals surface area contributed by atoms with Crippen molar-refractivity contribution in [3.8, 4) is 0 Å². The van der Waals surface area contributed by atoms with Crippen molar-refractivity contribution in [1.82, 2.24) is 10.6 Å². The predicted molar refractivity (Wildman–Crippen MR) is 126 cm³/mol. The van der Waals surface area contributed by atoms with Gasteiger partial charge in [0.2, 0.25) is 0 Å². The quantitative estimate of drug-likeness (QED) is 0.216. The van der Waals surface area contributed by atoms with Crippen LogP contribution >= 0.6 is 0 Å². The van der Waals surface area contributed by atoms with E-state index in [2.05, 4.69) is 30.3 Å². The van der Waals surface area contributed by atoms with Gasteiger partial charge in [0.25, 0.3) is 0 Å². The van der Waals surface area contributed by atoms with Gasteiger partial charge in [0, 0.05) is 14.6 Å². The first kappa shape index (κ1) is 27.5. The monoisotopic (exact) mass is 466 g/mol. The van der Waals surface area contributed by atoms with Crippen molar-refractivity contribution in [2.75, 3.05) is 13.2 Å². The molecule has 0 radical (unpaired) electrons. The van der Waals surface area contributed by atoms with Crippen molar-refractivity contribution in [2.24, 2.45) is 0 Å². The molecule has 8 nitrogen and oxygen atoms in total. The summed E-state index contributed by atoms with van der Waals surface area (Å²) in [6, 6.07) is 9.25. The van der Waals surface area contributed by atoms with Gasteiger partial charge in [-0.15, -0.1) is 0 Å². The Hall–Kier alpha value is -2.55. The van der Waals surface area contributed by atoms with E-state index in [1.165, 1.54) is 0 Å². The zero-order valence-corrected chi connectivity index (χ0v) is 21.2. The number of rotatable bonds is 11. The van der Waals surface area contributed by atoms with Crippen molar-refractivity contribution in [3.05, 3.63) is 35.9 Å². The fourth-order valence-corrected chi connectivity index (χ4v) is 3.24. The average molecular weight is 467 g/mol. The number of ether oxygens (including phenoxy) is 3. The van der Waals surface area contributed by atoms with Crippen LogP contribution in [0.5, 0.6) is 0 Å². The molecule has 2 amide bonds. The number of carbonyl (C=O) groups excluding carboxylic acids is 3. The third-order valence-electron chi connectivity index (χ3n) is 4.22. The average Bonchev–Trinajstić information content (AvgIpc) is 2.67. The Bertz CT molecular complexity index is 728. The van der Waals surface area contributed by atoms with Crippen LogP contribution in [-0.2, 0) is 25.6 Å². The van der Waals surface area contributed by atoms with Crippen LogP contribution < -0.4 is 10.6 Å². The van der Waals surface area contributed by atoms with E-state index in [1.807, 2.05) is 30.3 Å². The number of nitrogens with one attached hydrogen (secondary N) is 2. The molecule has 2 N–H and O–H groups in total. The van der Waals surface area contributed by atoms with Gasteiger partial charge in [-0.2, -0.15) is 0 Å². The third-order valence-corrected chi connectivity index (χ3v) is 5.93. The minimum absolute atomic E-state index is 0.101. The molecule has 1 rings (SSSR count). The molecule has 32 heavy (non-hydrogen) atoms. The second-order valence-electron chi connectivity index (χ2n) is 9.81. The van der Waals surface area contributed by atoms with Gasteiger partial charge >= 0.3 is 18.2 Å². The second-order valence-corrected chi connectivity index (χ2v) is 15.4. The second kappa shape index (κ2) is 13.1. The van der Waals surface area contributed by atoms with Crippen LogP contribution in [-0.4, -0.2) is 51.0 Å². The van der Waals surface area contributed by atoms with E-state index >= 15 is 0 Å². The maximum atomic E-state index is 12.6. The van der Waals surface area contributed by atoms with E-state index in [0.717, 1.165) is 11.6 Å². The molecule has 0 saturated heterocycles. The van der Waals surface area contributed by atoms with Crippen LogP contribution in [0.2, 0.25) is 25.7 Å². The largest absolute Gasteiger partial charge is 0.464 e. The molecule has 1 aromatic rings. The summed E-state index contributed by atoms with van der Waals surface area (Å²) < 4.78 is 15.8. The summed E-state index contributed by atoms with van der Waals surface area (Å²) in [7, 11) is -1.36. The Balaban J connectivity index is 2.55. The fraction of sp³-hybridized carbons (Fsp3) is 0.609. The summed E-state index contributed by atoms with van der Waals surface area (Å²) in [6.07, 6.45) is -0.475. The zero-order chi connectivity index (χ0) is 24.2. The number of alkyl carbamates (subject to hydrolysis) is 2. The van der Waals surface area contributed by atoms with Gasteiger partial charge in [-0.25, -0.2) is 14.4 Å². The first-order chi connectivity index (χ1) is 14.9.